The van der Waals surface area contributed by atoms with Crippen molar-refractivity contribution < 1.29 is 19.4 Å². The fraction of sp³-hybridized carbons (Fsp3) is 0.519. The number of amides is 1. The quantitative estimate of drug-likeness (QED) is 0.383. The maximum Gasteiger partial charge on any atom is 0.408 e. The Morgan fingerprint density at radius 3 is 1.76 bits per heavy atom. The van der Waals surface area contributed by atoms with Gasteiger partial charge >= 0.3 is 6.09 Å². The molecule has 2 aromatic carbocycles. The molecule has 0 aliphatic heterocycles. The number of benzene rings is 2. The van der Waals surface area contributed by atoms with Gasteiger partial charge in [0.1, 0.15) is 0 Å². The first-order chi connectivity index (χ1) is 15.4. The minimum atomic E-state index is -2.77. The number of hydrogen-bond donors (Lipinski definition) is 2. The van der Waals surface area contributed by atoms with E-state index in [1.54, 1.807) is 0 Å². The van der Waals surface area contributed by atoms with Crippen LogP contribution < -0.4 is 10.4 Å². The van der Waals surface area contributed by atoms with Gasteiger partial charge in [0, 0.05) is 12.1 Å². The van der Waals surface area contributed by atoms with Gasteiger partial charge in [0.25, 0.3) is 8.32 Å². The van der Waals surface area contributed by atoms with Crippen molar-refractivity contribution in [3.8, 4) is 0 Å². The molecule has 0 radical (unpaired) electrons. The predicted octanol–water partition coefficient (Wildman–Crippen LogP) is 4.87. The zero-order valence-corrected chi connectivity index (χ0v) is 22.0. The summed E-state index contributed by atoms with van der Waals surface area (Å²) in [4.78, 5) is 13.8. The normalized spacial score (nSPS) is 13.5. The average molecular weight is 472 g/mol. The molecule has 0 spiro atoms. The monoisotopic (exact) mass is 471 g/mol. The van der Waals surface area contributed by atoms with E-state index in [0.29, 0.717) is 19.4 Å². The molecule has 0 bridgehead atoms. The second-order valence-electron chi connectivity index (χ2n) is 10.7. The molecule has 182 valence electrons. The molecule has 0 aliphatic carbocycles. The van der Waals surface area contributed by atoms with Crippen molar-refractivity contribution in [1.82, 2.24) is 4.90 Å². The van der Waals surface area contributed by atoms with Gasteiger partial charge in [-0.25, -0.2) is 4.79 Å². The highest BCUT2D eigenvalue weighted by Gasteiger charge is 2.50. The van der Waals surface area contributed by atoms with Gasteiger partial charge < -0.3 is 14.6 Å². The van der Waals surface area contributed by atoms with Gasteiger partial charge in [-0.15, -0.1) is 0 Å². The molecule has 0 saturated heterocycles. The third kappa shape index (κ3) is 6.46. The molecule has 0 heterocycles. The van der Waals surface area contributed by atoms with Crippen LogP contribution in [0.2, 0.25) is 5.04 Å². The molecule has 0 aromatic heterocycles. The first-order valence-corrected chi connectivity index (χ1v) is 13.7. The van der Waals surface area contributed by atoms with E-state index in [1.807, 2.05) is 57.2 Å². The second-order valence-corrected chi connectivity index (χ2v) is 15.0. The van der Waals surface area contributed by atoms with Crippen LogP contribution in [0.4, 0.5) is 4.79 Å². The van der Waals surface area contributed by atoms with Crippen molar-refractivity contribution in [1.29, 1.82) is 0 Å². The molecule has 0 unspecified atom stereocenters. The van der Waals surface area contributed by atoms with Gasteiger partial charge in [-0.05, 0) is 55.4 Å². The molecule has 0 saturated carbocycles. The summed E-state index contributed by atoms with van der Waals surface area (Å²) in [6.45, 7) is 12.8. The summed E-state index contributed by atoms with van der Waals surface area (Å²) >= 11 is 0. The Hall–Kier alpha value is -2.15. The molecule has 2 rings (SSSR count). The molecule has 1 amide bonds. The molecule has 33 heavy (non-hydrogen) atoms. The molecule has 2 aromatic rings. The van der Waals surface area contributed by atoms with Crippen molar-refractivity contribution in [2.75, 3.05) is 13.2 Å². The van der Waals surface area contributed by atoms with E-state index in [4.69, 9.17) is 4.43 Å². The van der Waals surface area contributed by atoms with E-state index in [0.717, 1.165) is 6.42 Å². The lowest BCUT2D eigenvalue weighted by molar-refractivity contribution is 0.0448. The number of hydrogen-bond acceptors (Lipinski definition) is 3. The molecule has 6 heteroatoms. The molecular weight excluding hydrogens is 430 g/mol. The van der Waals surface area contributed by atoms with Gasteiger partial charge in [-0.3, -0.25) is 4.90 Å². The minimum Gasteiger partial charge on any atom is -0.465 e. The lowest BCUT2D eigenvalue weighted by Crippen LogP contribution is -2.67. The summed E-state index contributed by atoms with van der Waals surface area (Å²) in [5.41, 5.74) is -0.565. The number of aliphatic hydroxyl groups is 1. The molecule has 0 fully saturated rings. The minimum absolute atomic E-state index is 0.102. The molecule has 5 nitrogen and oxygen atoms in total. The van der Waals surface area contributed by atoms with Crippen LogP contribution in [0.25, 0.3) is 0 Å². The Morgan fingerprint density at radius 1 is 0.909 bits per heavy atom. The number of carboxylic acid groups (broad SMARTS) is 1. The summed E-state index contributed by atoms with van der Waals surface area (Å²) in [5.74, 6) is 0. The van der Waals surface area contributed by atoms with Crippen molar-refractivity contribution in [3.63, 3.8) is 0 Å². The van der Waals surface area contributed by atoms with E-state index in [9.17, 15) is 15.0 Å². The van der Waals surface area contributed by atoms with E-state index < -0.39 is 19.9 Å². The zero-order chi connectivity index (χ0) is 24.7. The van der Waals surface area contributed by atoms with Crippen LogP contribution in [0, 0.1) is 0 Å². The van der Waals surface area contributed by atoms with E-state index in [1.165, 1.54) is 15.3 Å². The first kappa shape index (κ1) is 27.1. The van der Waals surface area contributed by atoms with Crippen LogP contribution in [0.3, 0.4) is 0 Å². The SMILES string of the molecule is CC(C)(C)N(C(=O)O)[C@@H](CCCCO)CO[Si](c1ccccc1)(c1ccccc1)C(C)(C)C. The maximum absolute atomic E-state index is 12.3. The van der Waals surface area contributed by atoms with Crippen molar-refractivity contribution in [2.45, 2.75) is 77.4 Å². The number of aliphatic hydroxyl groups excluding tert-OH is 1. The van der Waals surface area contributed by atoms with Gasteiger partial charge in [-0.1, -0.05) is 81.4 Å². The summed E-state index contributed by atoms with van der Waals surface area (Å²) in [6.07, 6.45) is 1.09. The standard InChI is InChI=1S/C27H41NO4Si/c1-26(2,3)28(25(30)31)22(15-13-14-20-29)21-32-33(27(4,5)6,23-16-9-7-10-17-23)24-18-11-8-12-19-24/h7-12,16-19,22,29H,13-15,20-21H2,1-6H3,(H,30,31)/t22-/m0/s1. The van der Waals surface area contributed by atoms with E-state index in [2.05, 4.69) is 45.0 Å². The van der Waals surface area contributed by atoms with Crippen LogP contribution in [0.5, 0.6) is 0 Å². The summed E-state index contributed by atoms with van der Waals surface area (Å²) in [7, 11) is -2.77. The lowest BCUT2D eigenvalue weighted by Gasteiger charge is -2.46. The lowest BCUT2D eigenvalue weighted by atomic mass is 10.0. The largest absolute Gasteiger partial charge is 0.465 e. The van der Waals surface area contributed by atoms with E-state index >= 15 is 0 Å². The summed E-state index contributed by atoms with van der Waals surface area (Å²) in [6, 6.07) is 20.5. The van der Waals surface area contributed by atoms with Crippen LogP contribution in [-0.2, 0) is 4.43 Å². The highest BCUT2D eigenvalue weighted by Crippen LogP contribution is 2.37. The fourth-order valence-electron chi connectivity index (χ4n) is 4.75. The van der Waals surface area contributed by atoms with Crippen LogP contribution in [0.1, 0.15) is 60.8 Å². The molecule has 1 atom stereocenters. The topological polar surface area (TPSA) is 70.0 Å². The highest BCUT2D eigenvalue weighted by molar-refractivity contribution is 6.99. The maximum atomic E-state index is 12.3. The molecule has 0 aliphatic rings. The van der Waals surface area contributed by atoms with Crippen LogP contribution >= 0.6 is 0 Å². The van der Waals surface area contributed by atoms with Gasteiger partial charge in [0.05, 0.1) is 12.6 Å². The van der Waals surface area contributed by atoms with Crippen LogP contribution in [-0.4, -0.2) is 54.3 Å². The Balaban J connectivity index is 2.56. The molecule has 2 N–H and O–H groups in total. The summed E-state index contributed by atoms with van der Waals surface area (Å²) in [5, 5.41) is 21.6. The van der Waals surface area contributed by atoms with Gasteiger partial charge in [-0.2, -0.15) is 0 Å². The van der Waals surface area contributed by atoms with Crippen molar-refractivity contribution in [2.24, 2.45) is 0 Å². The highest BCUT2D eigenvalue weighted by atomic mass is 28.4. The number of carbonyl (C=O) groups is 1. The van der Waals surface area contributed by atoms with Crippen LogP contribution in [0.15, 0.2) is 60.7 Å². The zero-order valence-electron chi connectivity index (χ0n) is 21.0. The number of rotatable bonds is 10. The Bertz CT molecular complexity index is 820. The third-order valence-corrected chi connectivity index (χ3v) is 11.2. The number of nitrogens with zero attached hydrogens (tertiary/aromatic N) is 1. The van der Waals surface area contributed by atoms with E-state index in [-0.39, 0.29) is 17.7 Å². The predicted molar refractivity (Wildman–Crippen MR) is 138 cm³/mol. The Labute approximate surface area is 200 Å². The van der Waals surface area contributed by atoms with Crippen molar-refractivity contribution in [3.05, 3.63) is 60.7 Å². The van der Waals surface area contributed by atoms with Gasteiger partial charge in [0.2, 0.25) is 0 Å². The third-order valence-electron chi connectivity index (χ3n) is 6.15. The van der Waals surface area contributed by atoms with Crippen molar-refractivity contribution >= 4 is 24.8 Å². The first-order valence-electron chi connectivity index (χ1n) is 11.8. The fourth-order valence-corrected chi connectivity index (χ4v) is 9.35. The summed E-state index contributed by atoms with van der Waals surface area (Å²) < 4.78 is 7.06. The van der Waals surface area contributed by atoms with Gasteiger partial charge in [0.15, 0.2) is 0 Å². The Morgan fingerprint density at radius 2 is 1.39 bits per heavy atom. The smallest absolute Gasteiger partial charge is 0.408 e. The average Bonchev–Trinajstić information content (AvgIpc) is 2.73. The molecular formula is C27H41NO4Si. The Kier molecular flexibility index (Phi) is 9.29. The second kappa shape index (κ2) is 11.3. The number of unbranched alkanes of at least 4 members (excludes halogenated alkanes) is 1.